The Morgan fingerprint density at radius 2 is 2.21 bits per heavy atom. The first-order valence-electron chi connectivity index (χ1n) is 5.36. The van der Waals surface area contributed by atoms with Crippen molar-refractivity contribution in [2.75, 3.05) is 5.23 Å². The van der Waals surface area contributed by atoms with Crippen LogP contribution in [-0.2, 0) is 7.05 Å². The molecule has 0 bridgehead atoms. The molecular formula is C11H9N4O2S2-. The first kappa shape index (κ1) is 12.4. The fourth-order valence-corrected chi connectivity index (χ4v) is 3.73. The molecule has 0 fully saturated rings. The van der Waals surface area contributed by atoms with Gasteiger partial charge in [0.25, 0.3) is 0 Å². The number of para-hydroxylation sites is 1. The Morgan fingerprint density at radius 3 is 2.95 bits per heavy atom. The first-order valence-corrected chi connectivity index (χ1v) is 6.99. The summed E-state index contributed by atoms with van der Waals surface area (Å²) in [5.74, 6) is -0.0215. The Kier molecular flexibility index (Phi) is 3.15. The van der Waals surface area contributed by atoms with Crippen LogP contribution in [0.1, 0.15) is 0 Å². The maximum absolute atomic E-state index is 11.0. The molecule has 98 valence electrons. The lowest BCUT2D eigenvalue weighted by atomic mass is 10.3. The number of aryl methyl sites for hydroxylation is 1. The van der Waals surface area contributed by atoms with Crippen LogP contribution in [0, 0.1) is 5.21 Å². The largest absolute Gasteiger partial charge is 0.732 e. The number of fused-ring (bicyclic) bond motifs is 1. The molecule has 19 heavy (non-hydrogen) atoms. The van der Waals surface area contributed by atoms with Crippen molar-refractivity contribution < 1.29 is 5.21 Å². The summed E-state index contributed by atoms with van der Waals surface area (Å²) < 4.78 is 3.55. The van der Waals surface area contributed by atoms with Gasteiger partial charge in [-0.2, -0.15) is 0 Å². The molecule has 0 aliphatic rings. The van der Waals surface area contributed by atoms with Gasteiger partial charge in [0.15, 0.2) is 10.2 Å². The molecule has 1 aromatic carbocycles. The molecule has 0 amide bonds. The van der Waals surface area contributed by atoms with Crippen molar-refractivity contribution in [3.8, 4) is 0 Å². The fraction of sp³-hybridized carbons (Fsp3) is 0.0909. The molecule has 0 saturated heterocycles. The van der Waals surface area contributed by atoms with E-state index in [1.165, 1.54) is 29.4 Å². The van der Waals surface area contributed by atoms with E-state index < -0.39 is 0 Å². The van der Waals surface area contributed by atoms with E-state index >= 15 is 0 Å². The second-order valence-corrected chi connectivity index (χ2v) is 6.07. The highest BCUT2D eigenvalue weighted by molar-refractivity contribution is 8.01. The summed E-state index contributed by atoms with van der Waals surface area (Å²) in [4.78, 5) is 8.32. The Labute approximate surface area is 116 Å². The molecular weight excluding hydrogens is 284 g/mol. The molecule has 1 N–H and O–H groups in total. The molecule has 3 rings (SSSR count). The van der Waals surface area contributed by atoms with Crippen LogP contribution >= 0.6 is 23.1 Å². The smallest absolute Gasteiger partial charge is 0.174 e. The van der Waals surface area contributed by atoms with Crippen LogP contribution in [-0.4, -0.2) is 19.7 Å². The third-order valence-corrected chi connectivity index (χ3v) is 4.77. The molecule has 6 nitrogen and oxygen atoms in total. The summed E-state index contributed by atoms with van der Waals surface area (Å²) in [5, 5.41) is 20.3. The molecule has 0 aliphatic carbocycles. The van der Waals surface area contributed by atoms with Gasteiger partial charge in [-0.15, -0.1) is 11.3 Å². The molecule has 0 atom stereocenters. The van der Waals surface area contributed by atoms with Crippen molar-refractivity contribution in [3.63, 3.8) is 0 Å². The molecule has 2 aromatic heterocycles. The number of thiazole rings is 1. The summed E-state index contributed by atoms with van der Waals surface area (Å²) in [6.45, 7) is 0. The number of imidazole rings is 1. The van der Waals surface area contributed by atoms with Gasteiger partial charge < -0.3 is 15.0 Å². The van der Waals surface area contributed by atoms with Crippen molar-refractivity contribution in [2.45, 2.75) is 9.37 Å². The van der Waals surface area contributed by atoms with E-state index in [-0.39, 0.29) is 11.0 Å². The summed E-state index contributed by atoms with van der Waals surface area (Å²) in [6, 6.07) is 7.82. The van der Waals surface area contributed by atoms with Crippen molar-refractivity contribution in [2.24, 2.45) is 7.05 Å². The number of hydrogen-bond acceptors (Lipinski definition) is 7. The zero-order valence-electron chi connectivity index (χ0n) is 9.85. The molecule has 0 radical (unpaired) electrons. The lowest BCUT2D eigenvalue weighted by Gasteiger charge is -2.19. The number of aromatic nitrogens is 3. The predicted octanol–water partition coefficient (Wildman–Crippen LogP) is 2.87. The van der Waals surface area contributed by atoms with Gasteiger partial charge in [-0.25, -0.2) is 9.97 Å². The maximum Gasteiger partial charge on any atom is 0.174 e. The Hall–Kier alpha value is -1.61. The van der Waals surface area contributed by atoms with Crippen LogP contribution in [0.5, 0.6) is 0 Å². The first-order chi connectivity index (χ1) is 9.15. The van der Waals surface area contributed by atoms with Crippen LogP contribution in [0.15, 0.2) is 40.0 Å². The topological polar surface area (TPSA) is 77.2 Å². The summed E-state index contributed by atoms with van der Waals surface area (Å²) in [5.41, 5.74) is 0.918. The second kappa shape index (κ2) is 4.82. The van der Waals surface area contributed by atoms with E-state index in [4.69, 9.17) is 5.21 Å². The van der Waals surface area contributed by atoms with E-state index in [1.807, 2.05) is 24.3 Å². The highest BCUT2D eigenvalue weighted by atomic mass is 32.2. The molecule has 8 heteroatoms. The van der Waals surface area contributed by atoms with Gasteiger partial charge >= 0.3 is 0 Å². The average molecular weight is 293 g/mol. The third-order valence-electron chi connectivity index (χ3n) is 2.50. The van der Waals surface area contributed by atoms with Crippen LogP contribution < -0.4 is 5.23 Å². The van der Waals surface area contributed by atoms with Crippen LogP contribution in [0.2, 0.25) is 0 Å². The van der Waals surface area contributed by atoms with E-state index in [1.54, 1.807) is 11.6 Å². The highest BCUT2D eigenvalue weighted by Gasteiger charge is 2.14. The molecule has 0 aliphatic heterocycles. The Morgan fingerprint density at radius 1 is 1.42 bits per heavy atom. The summed E-state index contributed by atoms with van der Waals surface area (Å²) in [7, 11) is 1.76. The monoisotopic (exact) mass is 293 g/mol. The molecule has 2 heterocycles. The minimum atomic E-state index is -0.227. The number of rotatable bonds is 3. The van der Waals surface area contributed by atoms with E-state index in [2.05, 4.69) is 9.97 Å². The minimum Gasteiger partial charge on any atom is -0.732 e. The third kappa shape index (κ3) is 2.30. The second-order valence-electron chi connectivity index (χ2n) is 3.81. The van der Waals surface area contributed by atoms with E-state index in [0.29, 0.717) is 5.03 Å². The number of benzene rings is 1. The average Bonchev–Trinajstić information content (AvgIpc) is 2.94. The lowest BCUT2D eigenvalue weighted by molar-refractivity contribution is 0.291. The quantitative estimate of drug-likeness (QED) is 0.748. The molecule has 0 unspecified atom stereocenters. The highest BCUT2D eigenvalue weighted by Crippen LogP contribution is 2.37. The van der Waals surface area contributed by atoms with E-state index in [9.17, 15) is 5.21 Å². The fourth-order valence-electron chi connectivity index (χ4n) is 1.63. The van der Waals surface area contributed by atoms with Gasteiger partial charge in [-0.1, -0.05) is 12.1 Å². The van der Waals surface area contributed by atoms with E-state index in [0.717, 1.165) is 14.6 Å². The molecule has 0 spiro atoms. The minimum absolute atomic E-state index is 0.0215. The molecule has 3 aromatic rings. The normalized spacial score (nSPS) is 11.1. The number of anilines is 1. The standard InChI is InChI=1S/C11H9N4O2S2/c1-14-6-12-9(15(16)17)10(14)19-11-13-7-4-2-3-5-8(7)18-11/h2-6,16H,1H3/q-1. The Balaban J connectivity index is 1.98. The lowest BCUT2D eigenvalue weighted by Crippen LogP contribution is -2.08. The van der Waals surface area contributed by atoms with Gasteiger partial charge in [0.2, 0.25) is 0 Å². The summed E-state index contributed by atoms with van der Waals surface area (Å²) >= 11 is 2.84. The van der Waals surface area contributed by atoms with Crippen LogP contribution in [0.3, 0.4) is 0 Å². The van der Waals surface area contributed by atoms with Gasteiger partial charge in [0.1, 0.15) is 5.03 Å². The van der Waals surface area contributed by atoms with Crippen molar-refractivity contribution in [1.29, 1.82) is 0 Å². The SMILES string of the molecule is Cn1cnc(N([O-])O)c1Sc1nc2ccccc2s1. The van der Waals surface area contributed by atoms with Crippen molar-refractivity contribution >= 4 is 39.1 Å². The zero-order chi connectivity index (χ0) is 13.4. The van der Waals surface area contributed by atoms with Gasteiger partial charge in [0, 0.05) is 7.05 Å². The van der Waals surface area contributed by atoms with Crippen molar-refractivity contribution in [3.05, 3.63) is 35.8 Å². The van der Waals surface area contributed by atoms with Crippen LogP contribution in [0.25, 0.3) is 10.2 Å². The predicted molar refractivity (Wildman–Crippen MR) is 74.6 cm³/mol. The maximum atomic E-state index is 11.0. The number of nitrogens with zero attached hydrogens (tertiary/aromatic N) is 4. The Bertz CT molecular complexity index is 689. The van der Waals surface area contributed by atoms with Gasteiger partial charge in [-0.3, -0.25) is 5.21 Å². The number of hydrogen-bond donors (Lipinski definition) is 1. The van der Waals surface area contributed by atoms with Crippen LogP contribution in [0.4, 0.5) is 5.82 Å². The van der Waals surface area contributed by atoms with Gasteiger partial charge in [-0.05, 0) is 23.9 Å². The van der Waals surface area contributed by atoms with Crippen molar-refractivity contribution in [1.82, 2.24) is 14.5 Å². The zero-order valence-corrected chi connectivity index (χ0v) is 11.5. The molecule has 0 saturated carbocycles. The van der Waals surface area contributed by atoms with Gasteiger partial charge in [0.05, 0.1) is 16.5 Å². The summed E-state index contributed by atoms with van der Waals surface area (Å²) in [6.07, 6.45) is 1.48.